The van der Waals surface area contributed by atoms with Crippen molar-refractivity contribution in [1.29, 1.82) is 0 Å². The molecule has 0 spiro atoms. The summed E-state index contributed by atoms with van der Waals surface area (Å²) in [5, 5.41) is 3.91. The molecule has 0 saturated carbocycles. The number of likely N-dealkylation sites (tertiary alicyclic amines) is 1. The number of carbonyl (C=O) groups excluding carboxylic acids is 1. The molecule has 0 N–H and O–H groups in total. The lowest BCUT2D eigenvalue weighted by Gasteiger charge is -2.24. The van der Waals surface area contributed by atoms with Gasteiger partial charge in [-0.25, -0.2) is 0 Å². The monoisotopic (exact) mass is 286 g/mol. The van der Waals surface area contributed by atoms with Gasteiger partial charge in [-0.15, -0.1) is 0 Å². The summed E-state index contributed by atoms with van der Waals surface area (Å²) in [5.74, 6) is 1.36. The van der Waals surface area contributed by atoms with E-state index in [0.29, 0.717) is 17.3 Å². The second kappa shape index (κ2) is 6.03. The van der Waals surface area contributed by atoms with Gasteiger partial charge in [0.15, 0.2) is 5.82 Å². The Hall–Kier alpha value is -2.24. The van der Waals surface area contributed by atoms with E-state index in [2.05, 4.69) is 15.1 Å². The van der Waals surface area contributed by atoms with Crippen molar-refractivity contribution >= 4 is 5.91 Å². The van der Waals surface area contributed by atoms with E-state index in [0.717, 1.165) is 32.2 Å². The largest absolute Gasteiger partial charge is 0.340 e. The predicted molar refractivity (Wildman–Crippen MR) is 75.7 cm³/mol. The Morgan fingerprint density at radius 3 is 3.14 bits per heavy atom. The van der Waals surface area contributed by atoms with Crippen LogP contribution in [0.3, 0.4) is 0 Å². The van der Waals surface area contributed by atoms with Crippen molar-refractivity contribution in [3.63, 3.8) is 0 Å². The summed E-state index contributed by atoms with van der Waals surface area (Å²) in [6.07, 6.45) is 6.98. The molecule has 3 rings (SSSR count). The third-order valence-corrected chi connectivity index (χ3v) is 3.82. The number of nitrogens with zero attached hydrogens (tertiary/aromatic N) is 4. The van der Waals surface area contributed by atoms with Crippen LogP contribution < -0.4 is 0 Å². The fourth-order valence-corrected chi connectivity index (χ4v) is 2.80. The second-order valence-corrected chi connectivity index (χ2v) is 5.30. The summed E-state index contributed by atoms with van der Waals surface area (Å²) in [7, 11) is 0. The van der Waals surface area contributed by atoms with E-state index in [4.69, 9.17) is 4.52 Å². The summed E-state index contributed by atoms with van der Waals surface area (Å²) in [6.45, 7) is 2.59. The van der Waals surface area contributed by atoms with Gasteiger partial charge in [-0.2, -0.15) is 4.98 Å². The molecule has 0 aliphatic carbocycles. The lowest BCUT2D eigenvalue weighted by atomic mass is 10.1. The Morgan fingerprint density at radius 2 is 2.43 bits per heavy atom. The molecule has 1 fully saturated rings. The van der Waals surface area contributed by atoms with E-state index in [1.807, 2.05) is 11.0 Å². The molecule has 1 atom stereocenters. The molecule has 1 unspecified atom stereocenters. The smallest absolute Gasteiger partial charge is 0.255 e. The highest BCUT2D eigenvalue weighted by molar-refractivity contribution is 5.94. The maximum Gasteiger partial charge on any atom is 0.255 e. The normalized spacial score (nSPS) is 18.1. The van der Waals surface area contributed by atoms with Crippen LogP contribution in [0.2, 0.25) is 0 Å². The van der Waals surface area contributed by atoms with Crippen LogP contribution in [-0.4, -0.2) is 38.5 Å². The first kappa shape index (κ1) is 13.7. The average Bonchev–Trinajstić information content (AvgIpc) is 3.14. The molecule has 110 valence electrons. The number of aryl methyl sites for hydroxylation is 2. The van der Waals surface area contributed by atoms with Gasteiger partial charge in [-0.3, -0.25) is 9.78 Å². The molecule has 6 heteroatoms. The number of carbonyl (C=O) groups is 1. The van der Waals surface area contributed by atoms with Gasteiger partial charge in [0.1, 0.15) is 0 Å². The van der Waals surface area contributed by atoms with E-state index in [1.54, 1.807) is 25.4 Å². The summed E-state index contributed by atoms with van der Waals surface area (Å²) in [6, 6.07) is 3.85. The van der Waals surface area contributed by atoms with Crippen molar-refractivity contribution in [2.45, 2.75) is 38.6 Å². The minimum atomic E-state index is 0.0647. The second-order valence-electron chi connectivity index (χ2n) is 5.30. The molecule has 0 aromatic carbocycles. The molecule has 0 bridgehead atoms. The van der Waals surface area contributed by atoms with Gasteiger partial charge in [0.2, 0.25) is 5.89 Å². The first-order chi connectivity index (χ1) is 10.2. The molecule has 0 radical (unpaired) electrons. The van der Waals surface area contributed by atoms with Crippen LogP contribution in [0.5, 0.6) is 0 Å². The fraction of sp³-hybridized carbons (Fsp3) is 0.467. The third-order valence-electron chi connectivity index (χ3n) is 3.82. The van der Waals surface area contributed by atoms with Gasteiger partial charge in [0.05, 0.1) is 5.56 Å². The van der Waals surface area contributed by atoms with Gasteiger partial charge in [-0.05, 0) is 31.4 Å². The quantitative estimate of drug-likeness (QED) is 0.859. The molecule has 21 heavy (non-hydrogen) atoms. The van der Waals surface area contributed by atoms with Crippen LogP contribution >= 0.6 is 0 Å². The van der Waals surface area contributed by atoms with Crippen LogP contribution in [-0.2, 0) is 6.42 Å². The van der Waals surface area contributed by atoms with Gasteiger partial charge in [-0.1, -0.05) is 5.16 Å². The molecule has 2 aromatic rings. The van der Waals surface area contributed by atoms with Gasteiger partial charge < -0.3 is 9.42 Å². The molecule has 2 aromatic heterocycles. The van der Waals surface area contributed by atoms with Gasteiger partial charge in [0, 0.05) is 38.3 Å². The van der Waals surface area contributed by atoms with Gasteiger partial charge >= 0.3 is 0 Å². The Kier molecular flexibility index (Phi) is 3.94. The van der Waals surface area contributed by atoms with E-state index in [-0.39, 0.29) is 11.9 Å². The van der Waals surface area contributed by atoms with Gasteiger partial charge in [0.25, 0.3) is 5.91 Å². The zero-order valence-corrected chi connectivity index (χ0v) is 12.0. The number of hydrogen-bond acceptors (Lipinski definition) is 5. The number of rotatable bonds is 4. The Bertz CT molecular complexity index is 611. The summed E-state index contributed by atoms with van der Waals surface area (Å²) < 4.78 is 4.97. The highest BCUT2D eigenvalue weighted by Gasteiger charge is 2.29. The van der Waals surface area contributed by atoms with Crippen LogP contribution in [0.15, 0.2) is 29.0 Å². The lowest BCUT2D eigenvalue weighted by molar-refractivity contribution is 0.0730. The van der Waals surface area contributed by atoms with Crippen LogP contribution in [0.25, 0.3) is 0 Å². The number of pyridine rings is 1. The van der Waals surface area contributed by atoms with Crippen molar-refractivity contribution in [2.24, 2.45) is 0 Å². The lowest BCUT2D eigenvalue weighted by Crippen LogP contribution is -2.35. The van der Waals surface area contributed by atoms with Crippen molar-refractivity contribution in [3.05, 3.63) is 41.8 Å². The summed E-state index contributed by atoms with van der Waals surface area (Å²) in [4.78, 5) is 22.7. The fourth-order valence-electron chi connectivity index (χ4n) is 2.80. The topological polar surface area (TPSA) is 72.1 Å². The van der Waals surface area contributed by atoms with E-state index < -0.39 is 0 Å². The van der Waals surface area contributed by atoms with Crippen LogP contribution in [0, 0.1) is 6.92 Å². The van der Waals surface area contributed by atoms with Crippen molar-refractivity contribution < 1.29 is 9.32 Å². The average molecular weight is 286 g/mol. The third kappa shape index (κ3) is 3.09. The van der Waals surface area contributed by atoms with Crippen molar-refractivity contribution in [2.75, 3.05) is 6.54 Å². The molecule has 1 saturated heterocycles. The zero-order chi connectivity index (χ0) is 14.7. The Labute approximate surface area is 123 Å². The van der Waals surface area contributed by atoms with E-state index in [9.17, 15) is 4.79 Å². The molecule has 1 amide bonds. The zero-order valence-electron chi connectivity index (χ0n) is 12.0. The first-order valence-corrected chi connectivity index (χ1v) is 7.24. The SMILES string of the molecule is Cc1nc(CCC2CCCN2C(=O)c2cccnc2)no1. The molecule has 6 nitrogen and oxygen atoms in total. The highest BCUT2D eigenvalue weighted by Crippen LogP contribution is 2.23. The first-order valence-electron chi connectivity index (χ1n) is 7.24. The standard InChI is InChI=1S/C15H18N4O2/c1-11-17-14(18-21-11)7-6-13-5-3-9-19(13)15(20)12-4-2-8-16-10-12/h2,4,8,10,13H,3,5-7,9H2,1H3. The van der Waals surface area contributed by atoms with Crippen LogP contribution in [0.1, 0.15) is 41.3 Å². The van der Waals surface area contributed by atoms with E-state index >= 15 is 0 Å². The molecule has 3 heterocycles. The summed E-state index contributed by atoms with van der Waals surface area (Å²) >= 11 is 0. The Morgan fingerprint density at radius 1 is 1.52 bits per heavy atom. The predicted octanol–water partition coefficient (Wildman–Crippen LogP) is 2.01. The maximum atomic E-state index is 12.5. The van der Waals surface area contributed by atoms with E-state index in [1.165, 1.54) is 0 Å². The highest BCUT2D eigenvalue weighted by atomic mass is 16.5. The minimum absolute atomic E-state index is 0.0647. The molecular formula is C15H18N4O2. The van der Waals surface area contributed by atoms with Crippen molar-refractivity contribution in [1.82, 2.24) is 20.0 Å². The van der Waals surface area contributed by atoms with Crippen LogP contribution in [0.4, 0.5) is 0 Å². The maximum absolute atomic E-state index is 12.5. The molecule has 1 aliphatic heterocycles. The molecular weight excluding hydrogens is 268 g/mol. The minimum Gasteiger partial charge on any atom is -0.340 e. The summed E-state index contributed by atoms with van der Waals surface area (Å²) in [5.41, 5.74) is 0.653. The Balaban J connectivity index is 1.64. The number of amides is 1. The number of hydrogen-bond donors (Lipinski definition) is 0. The number of aromatic nitrogens is 3. The molecule has 1 aliphatic rings. The van der Waals surface area contributed by atoms with Crippen molar-refractivity contribution in [3.8, 4) is 0 Å².